The molecule has 1 heterocycles. The number of primary sulfonamides is 1. The molecule has 1 saturated carbocycles. The molecular formula is C15H21N3O4S. The summed E-state index contributed by atoms with van der Waals surface area (Å²) in [6.07, 6.45) is 2.89. The quantitative estimate of drug-likeness (QED) is 0.747. The van der Waals surface area contributed by atoms with Crippen molar-refractivity contribution in [1.82, 2.24) is 5.32 Å². The zero-order valence-corrected chi connectivity index (χ0v) is 13.8. The van der Waals surface area contributed by atoms with Gasteiger partial charge in [-0.1, -0.05) is 0 Å². The number of methoxy groups -OCH3 is 1. The fraction of sp³-hybridized carbons (Fsp3) is 0.533. The second-order valence-corrected chi connectivity index (χ2v) is 7.83. The molecule has 1 aromatic rings. The average Bonchev–Trinajstić information content (AvgIpc) is 3.20. The maximum atomic E-state index is 12.5. The topological polar surface area (TPSA) is 111 Å². The van der Waals surface area contributed by atoms with Gasteiger partial charge in [-0.3, -0.25) is 4.79 Å². The Morgan fingerprint density at radius 3 is 2.70 bits per heavy atom. The Morgan fingerprint density at radius 1 is 1.39 bits per heavy atom. The number of rotatable bonds is 4. The van der Waals surface area contributed by atoms with Gasteiger partial charge in [0.25, 0.3) is 0 Å². The van der Waals surface area contributed by atoms with Crippen LogP contribution in [0.15, 0.2) is 23.1 Å². The van der Waals surface area contributed by atoms with Crippen LogP contribution in [0.3, 0.4) is 0 Å². The van der Waals surface area contributed by atoms with E-state index in [4.69, 9.17) is 9.88 Å². The first-order chi connectivity index (χ1) is 10.9. The highest BCUT2D eigenvalue weighted by molar-refractivity contribution is 7.89. The molecule has 1 unspecified atom stereocenters. The van der Waals surface area contributed by atoms with Crippen LogP contribution in [0, 0.1) is 11.3 Å². The SMILES string of the molecule is COc1ccc(S(N)(=O)=O)cc1NC(=O)C1CC12CCNCC2. The van der Waals surface area contributed by atoms with Gasteiger partial charge >= 0.3 is 0 Å². The van der Waals surface area contributed by atoms with Crippen LogP contribution in [0.2, 0.25) is 0 Å². The average molecular weight is 339 g/mol. The minimum atomic E-state index is -3.83. The molecule has 1 aromatic carbocycles. The van der Waals surface area contributed by atoms with Crippen molar-refractivity contribution in [3.05, 3.63) is 18.2 Å². The van der Waals surface area contributed by atoms with E-state index in [1.54, 1.807) is 0 Å². The highest BCUT2D eigenvalue weighted by Crippen LogP contribution is 2.58. The number of hydrogen-bond donors (Lipinski definition) is 3. The number of piperidine rings is 1. The van der Waals surface area contributed by atoms with Crippen LogP contribution in [0.25, 0.3) is 0 Å². The van der Waals surface area contributed by atoms with E-state index >= 15 is 0 Å². The minimum Gasteiger partial charge on any atom is -0.495 e. The number of sulfonamides is 1. The summed E-state index contributed by atoms with van der Waals surface area (Å²) in [6.45, 7) is 1.88. The lowest BCUT2D eigenvalue weighted by Gasteiger charge is -2.23. The molecule has 2 aliphatic rings. The van der Waals surface area contributed by atoms with Gasteiger partial charge in [-0.15, -0.1) is 0 Å². The molecule has 3 rings (SSSR count). The number of amides is 1. The van der Waals surface area contributed by atoms with E-state index in [0.29, 0.717) is 11.4 Å². The standard InChI is InChI=1S/C15H21N3O4S/c1-22-13-3-2-10(23(16,20)21)8-12(13)18-14(19)11-9-15(11)4-6-17-7-5-15/h2-3,8,11,17H,4-7,9H2,1H3,(H,18,19)(H2,16,20,21). The van der Waals surface area contributed by atoms with Gasteiger partial charge in [-0.05, 0) is 56.0 Å². The van der Waals surface area contributed by atoms with Gasteiger partial charge in [0, 0.05) is 5.92 Å². The molecule has 7 nitrogen and oxygen atoms in total. The van der Waals surface area contributed by atoms with E-state index in [9.17, 15) is 13.2 Å². The third-order valence-electron chi connectivity index (χ3n) is 4.86. The summed E-state index contributed by atoms with van der Waals surface area (Å²) >= 11 is 0. The smallest absolute Gasteiger partial charge is 0.238 e. The molecule has 1 aliphatic carbocycles. The molecule has 2 fully saturated rings. The Morgan fingerprint density at radius 2 is 2.09 bits per heavy atom. The summed E-state index contributed by atoms with van der Waals surface area (Å²) in [6, 6.07) is 4.18. The number of benzene rings is 1. The van der Waals surface area contributed by atoms with Gasteiger partial charge < -0.3 is 15.4 Å². The lowest BCUT2D eigenvalue weighted by atomic mass is 9.92. The van der Waals surface area contributed by atoms with Crippen LogP contribution in [-0.2, 0) is 14.8 Å². The third-order valence-corrected chi connectivity index (χ3v) is 5.77. The fourth-order valence-electron chi connectivity index (χ4n) is 3.38. The second kappa shape index (κ2) is 5.77. The van der Waals surface area contributed by atoms with Crippen molar-refractivity contribution < 1.29 is 17.9 Å². The Kier molecular flexibility index (Phi) is 4.07. The molecule has 0 bridgehead atoms. The van der Waals surface area contributed by atoms with Crippen molar-refractivity contribution in [2.75, 3.05) is 25.5 Å². The lowest BCUT2D eigenvalue weighted by Crippen LogP contribution is -2.31. The summed E-state index contributed by atoms with van der Waals surface area (Å²) in [5, 5.41) is 11.2. The van der Waals surface area contributed by atoms with Crippen molar-refractivity contribution in [2.45, 2.75) is 24.2 Å². The minimum absolute atomic E-state index is 0.0209. The second-order valence-electron chi connectivity index (χ2n) is 6.27. The van der Waals surface area contributed by atoms with Crippen molar-refractivity contribution in [1.29, 1.82) is 0 Å². The molecule has 0 radical (unpaired) electrons. The maximum absolute atomic E-state index is 12.5. The number of ether oxygens (including phenoxy) is 1. The van der Waals surface area contributed by atoms with Crippen LogP contribution in [-0.4, -0.2) is 34.5 Å². The monoisotopic (exact) mass is 339 g/mol. The number of carbonyl (C=O) groups excluding carboxylic acids is 1. The summed E-state index contributed by atoms with van der Waals surface area (Å²) in [7, 11) is -2.37. The van der Waals surface area contributed by atoms with Crippen molar-refractivity contribution in [2.24, 2.45) is 16.5 Å². The zero-order valence-electron chi connectivity index (χ0n) is 13.0. The van der Waals surface area contributed by atoms with Crippen LogP contribution in [0.4, 0.5) is 5.69 Å². The predicted octanol–water partition coefficient (Wildman–Crippen LogP) is 0.671. The van der Waals surface area contributed by atoms with Crippen molar-refractivity contribution in [3.8, 4) is 5.75 Å². The summed E-state index contributed by atoms with van der Waals surface area (Å²) in [4.78, 5) is 12.5. The van der Waals surface area contributed by atoms with E-state index < -0.39 is 10.0 Å². The molecule has 1 aliphatic heterocycles. The number of anilines is 1. The molecule has 23 heavy (non-hydrogen) atoms. The summed E-state index contributed by atoms with van der Waals surface area (Å²) < 4.78 is 28.1. The zero-order chi connectivity index (χ0) is 16.7. The highest BCUT2D eigenvalue weighted by Gasteiger charge is 2.57. The molecule has 126 valence electrons. The van der Waals surface area contributed by atoms with E-state index in [1.165, 1.54) is 25.3 Å². The summed E-state index contributed by atoms with van der Waals surface area (Å²) in [5.74, 6) is 0.301. The van der Waals surface area contributed by atoms with Gasteiger partial charge in [-0.25, -0.2) is 13.6 Å². The molecule has 8 heteroatoms. The van der Waals surface area contributed by atoms with Crippen molar-refractivity contribution in [3.63, 3.8) is 0 Å². The number of nitrogens with two attached hydrogens (primary N) is 1. The van der Waals surface area contributed by atoms with E-state index in [1.807, 2.05) is 0 Å². The molecule has 1 atom stereocenters. The molecule has 1 spiro atoms. The first-order valence-corrected chi connectivity index (χ1v) is 9.13. The van der Waals surface area contributed by atoms with Crippen LogP contribution < -0.4 is 20.5 Å². The molecular weight excluding hydrogens is 318 g/mol. The van der Waals surface area contributed by atoms with Gasteiger partial charge in [0.05, 0.1) is 17.7 Å². The van der Waals surface area contributed by atoms with Crippen LogP contribution >= 0.6 is 0 Å². The maximum Gasteiger partial charge on any atom is 0.238 e. The summed E-state index contributed by atoms with van der Waals surface area (Å²) in [5.41, 5.74) is 0.445. The third kappa shape index (κ3) is 3.19. The Labute approximate surface area is 135 Å². The molecule has 0 aromatic heterocycles. The molecule has 1 saturated heterocycles. The number of carbonyl (C=O) groups is 1. The number of nitrogens with one attached hydrogen (secondary N) is 2. The predicted molar refractivity (Wildman–Crippen MR) is 85.6 cm³/mol. The Hall–Kier alpha value is -1.64. The molecule has 1 amide bonds. The first kappa shape index (κ1) is 16.2. The van der Waals surface area contributed by atoms with Gasteiger partial charge in [-0.2, -0.15) is 0 Å². The Balaban J connectivity index is 1.78. The van der Waals surface area contributed by atoms with E-state index in [-0.39, 0.29) is 22.1 Å². The van der Waals surface area contributed by atoms with E-state index in [0.717, 1.165) is 32.4 Å². The van der Waals surface area contributed by atoms with E-state index in [2.05, 4.69) is 10.6 Å². The highest BCUT2D eigenvalue weighted by atomic mass is 32.2. The molecule has 4 N–H and O–H groups in total. The largest absolute Gasteiger partial charge is 0.495 e. The van der Waals surface area contributed by atoms with Crippen LogP contribution in [0.1, 0.15) is 19.3 Å². The Bertz CT molecular complexity index is 726. The van der Waals surface area contributed by atoms with Gasteiger partial charge in [0.2, 0.25) is 15.9 Å². The fourth-order valence-corrected chi connectivity index (χ4v) is 3.92. The van der Waals surface area contributed by atoms with Crippen molar-refractivity contribution >= 4 is 21.6 Å². The number of hydrogen-bond acceptors (Lipinski definition) is 5. The lowest BCUT2D eigenvalue weighted by molar-refractivity contribution is -0.118. The van der Waals surface area contributed by atoms with Gasteiger partial charge in [0.15, 0.2) is 0 Å². The normalized spacial score (nSPS) is 22.6. The van der Waals surface area contributed by atoms with Gasteiger partial charge in [0.1, 0.15) is 5.75 Å². The first-order valence-electron chi connectivity index (χ1n) is 7.58. The van der Waals surface area contributed by atoms with Crippen LogP contribution in [0.5, 0.6) is 5.75 Å².